The van der Waals surface area contributed by atoms with Gasteiger partial charge in [0.15, 0.2) is 0 Å². The van der Waals surface area contributed by atoms with Crippen molar-refractivity contribution >= 4 is 19.1 Å². The van der Waals surface area contributed by atoms with Crippen LogP contribution in [0.5, 0.6) is 0 Å². The van der Waals surface area contributed by atoms with Crippen LogP contribution in [0.4, 0.5) is 0 Å². The fourth-order valence-corrected chi connectivity index (χ4v) is 6.99. The van der Waals surface area contributed by atoms with Gasteiger partial charge < -0.3 is 9.30 Å². The summed E-state index contributed by atoms with van der Waals surface area (Å²) in [6.07, 6.45) is 20.9. The van der Waals surface area contributed by atoms with E-state index in [-0.39, 0.29) is 6.42 Å². The molecule has 0 saturated carbocycles. The zero-order valence-electron chi connectivity index (χ0n) is 20.9. The van der Waals surface area contributed by atoms with Gasteiger partial charge in [0.1, 0.15) is 0 Å². The number of ether oxygens (including phenoxy) is 1. The summed E-state index contributed by atoms with van der Waals surface area (Å²) in [5.74, 6) is -0.841. The zero-order valence-corrected chi connectivity index (χ0v) is 21.8. The number of carbonyl (C=O) groups excluding carboxylic acids is 2. The van der Waals surface area contributed by atoms with Gasteiger partial charge in [0.2, 0.25) is 0 Å². The number of esters is 2. The molecule has 4 nitrogen and oxygen atoms in total. The molecule has 0 fully saturated rings. The van der Waals surface area contributed by atoms with Crippen molar-refractivity contribution in [2.45, 2.75) is 136 Å². The maximum Gasteiger partial charge on any atom is 0.313 e. The molecule has 0 aliphatic carbocycles. The molecular formula is C26H51O4P. The minimum Gasteiger partial charge on any atom is -0.393 e. The number of hydrogen-bond acceptors (Lipinski definition) is 4. The first-order valence-corrected chi connectivity index (χ1v) is 15.5. The smallest absolute Gasteiger partial charge is 0.313 e. The van der Waals surface area contributed by atoms with E-state index in [1.165, 1.54) is 64.2 Å². The van der Waals surface area contributed by atoms with Crippen LogP contribution in [0.1, 0.15) is 136 Å². The number of carbonyl (C=O) groups is 2. The summed E-state index contributed by atoms with van der Waals surface area (Å²) in [6, 6.07) is 0. The highest BCUT2D eigenvalue weighted by molar-refractivity contribution is 7.63. The summed E-state index contributed by atoms with van der Waals surface area (Å²) in [5, 5.41) is 0. The minimum absolute atomic E-state index is 0.256. The molecule has 0 N–H and O–H groups in total. The molecule has 184 valence electrons. The fourth-order valence-electron chi connectivity index (χ4n) is 3.92. The highest BCUT2D eigenvalue weighted by atomic mass is 31.2. The van der Waals surface area contributed by atoms with Crippen molar-refractivity contribution in [1.29, 1.82) is 0 Å². The van der Waals surface area contributed by atoms with E-state index in [9.17, 15) is 14.2 Å². The van der Waals surface area contributed by atoms with E-state index in [2.05, 4.69) is 13.8 Å². The maximum atomic E-state index is 13.6. The molecule has 0 heterocycles. The Morgan fingerprint density at radius 1 is 0.516 bits per heavy atom. The van der Waals surface area contributed by atoms with Crippen LogP contribution in [-0.2, 0) is 18.9 Å². The second-order valence-electron chi connectivity index (χ2n) is 9.17. The van der Waals surface area contributed by atoms with Crippen molar-refractivity contribution in [3.63, 3.8) is 0 Å². The van der Waals surface area contributed by atoms with E-state index in [1.807, 2.05) is 6.92 Å². The van der Waals surface area contributed by atoms with Crippen LogP contribution in [0.25, 0.3) is 0 Å². The van der Waals surface area contributed by atoms with Crippen LogP contribution in [0.2, 0.25) is 0 Å². The van der Waals surface area contributed by atoms with Gasteiger partial charge in [0.25, 0.3) is 0 Å². The third kappa shape index (κ3) is 19.8. The van der Waals surface area contributed by atoms with E-state index in [4.69, 9.17) is 4.74 Å². The van der Waals surface area contributed by atoms with E-state index in [0.717, 1.165) is 50.6 Å². The predicted octanol–water partition coefficient (Wildman–Crippen LogP) is 8.50. The van der Waals surface area contributed by atoms with Gasteiger partial charge in [-0.2, -0.15) is 0 Å². The molecule has 0 saturated heterocycles. The summed E-state index contributed by atoms with van der Waals surface area (Å²) < 4.78 is 18.4. The molecule has 31 heavy (non-hydrogen) atoms. The molecule has 0 aliphatic heterocycles. The van der Waals surface area contributed by atoms with Gasteiger partial charge in [-0.15, -0.1) is 0 Å². The second kappa shape index (κ2) is 21.2. The number of rotatable bonds is 22. The first-order chi connectivity index (χ1) is 15.0. The molecule has 0 bridgehead atoms. The third-order valence-electron chi connectivity index (χ3n) is 6.00. The summed E-state index contributed by atoms with van der Waals surface area (Å²) in [5.41, 5.74) is 0. The first-order valence-electron chi connectivity index (χ1n) is 13.3. The highest BCUT2D eigenvalue weighted by Gasteiger charge is 2.21. The molecule has 5 heteroatoms. The molecule has 0 aromatic carbocycles. The lowest BCUT2D eigenvalue weighted by atomic mass is 10.1. The van der Waals surface area contributed by atoms with Gasteiger partial charge in [-0.3, -0.25) is 9.59 Å². The van der Waals surface area contributed by atoms with Crippen LogP contribution < -0.4 is 0 Å². The van der Waals surface area contributed by atoms with Crippen LogP contribution in [0.3, 0.4) is 0 Å². The summed E-state index contributed by atoms with van der Waals surface area (Å²) in [4.78, 5) is 23.4. The Morgan fingerprint density at radius 2 is 0.871 bits per heavy atom. The zero-order chi connectivity index (χ0) is 23.2. The normalized spacial score (nSPS) is 11.6. The molecule has 0 unspecified atom stereocenters. The molecule has 0 aromatic rings. The van der Waals surface area contributed by atoms with Crippen LogP contribution in [0.15, 0.2) is 0 Å². The molecule has 0 rings (SSSR count). The molecule has 0 aromatic heterocycles. The molecule has 0 atom stereocenters. The predicted molar refractivity (Wildman–Crippen MR) is 133 cm³/mol. The van der Waals surface area contributed by atoms with Gasteiger partial charge in [-0.1, -0.05) is 91.4 Å². The van der Waals surface area contributed by atoms with Crippen molar-refractivity contribution in [3.05, 3.63) is 0 Å². The Kier molecular flexibility index (Phi) is 20.8. The molecule has 0 aliphatic rings. The number of unbranched alkanes of at least 4 members (excludes halogenated alkanes) is 12. The van der Waals surface area contributed by atoms with Crippen molar-refractivity contribution in [1.82, 2.24) is 0 Å². The largest absolute Gasteiger partial charge is 0.393 e. The van der Waals surface area contributed by atoms with E-state index >= 15 is 0 Å². The average Bonchev–Trinajstić information content (AvgIpc) is 2.75. The topological polar surface area (TPSA) is 60.4 Å². The van der Waals surface area contributed by atoms with Gasteiger partial charge in [-0.25, -0.2) is 0 Å². The van der Waals surface area contributed by atoms with E-state index in [0.29, 0.717) is 12.8 Å². The molecule has 0 spiro atoms. The number of hydrogen-bond donors (Lipinski definition) is 0. The van der Waals surface area contributed by atoms with Crippen LogP contribution >= 0.6 is 7.14 Å². The average molecular weight is 459 g/mol. The third-order valence-corrected chi connectivity index (χ3v) is 9.39. The lowest BCUT2D eigenvalue weighted by Crippen LogP contribution is -2.12. The van der Waals surface area contributed by atoms with Crippen molar-refractivity contribution < 1.29 is 18.9 Å². The summed E-state index contributed by atoms with van der Waals surface area (Å²) >= 11 is 0. The van der Waals surface area contributed by atoms with E-state index < -0.39 is 19.1 Å². The van der Waals surface area contributed by atoms with Crippen molar-refractivity contribution in [2.24, 2.45) is 0 Å². The Hall–Kier alpha value is -0.630. The maximum absolute atomic E-state index is 13.6. The Morgan fingerprint density at radius 3 is 1.32 bits per heavy atom. The highest BCUT2D eigenvalue weighted by Crippen LogP contribution is 2.48. The van der Waals surface area contributed by atoms with Crippen molar-refractivity contribution in [2.75, 3.05) is 18.5 Å². The van der Waals surface area contributed by atoms with Crippen LogP contribution in [-0.4, -0.2) is 30.4 Å². The monoisotopic (exact) mass is 458 g/mol. The molecular weight excluding hydrogens is 407 g/mol. The SMILES string of the molecule is CCCCCCCCP(=O)(CCCCCCCC)CCCCC(=O)OC(=O)CCCC. The Balaban J connectivity index is 4.27. The van der Waals surface area contributed by atoms with Gasteiger partial charge in [-0.05, 0) is 32.1 Å². The summed E-state index contributed by atoms with van der Waals surface area (Å²) in [6.45, 7) is 6.46. The Bertz CT molecular complexity index is 470. The second-order valence-corrected chi connectivity index (χ2v) is 12.6. The lowest BCUT2D eigenvalue weighted by molar-refractivity contribution is -0.159. The summed E-state index contributed by atoms with van der Waals surface area (Å²) in [7, 11) is -2.15. The fraction of sp³-hybridized carbons (Fsp3) is 0.923. The molecule has 0 radical (unpaired) electrons. The first kappa shape index (κ1) is 30.4. The van der Waals surface area contributed by atoms with Gasteiger partial charge >= 0.3 is 11.9 Å². The lowest BCUT2D eigenvalue weighted by Gasteiger charge is -2.18. The van der Waals surface area contributed by atoms with Crippen LogP contribution in [0, 0.1) is 0 Å². The van der Waals surface area contributed by atoms with E-state index in [1.54, 1.807) is 0 Å². The van der Waals surface area contributed by atoms with Crippen molar-refractivity contribution in [3.8, 4) is 0 Å². The molecule has 0 amide bonds. The van der Waals surface area contributed by atoms with Gasteiger partial charge in [0.05, 0.1) is 7.14 Å². The Labute approximate surface area is 193 Å². The quantitative estimate of drug-likeness (QED) is 0.0706. The standard InChI is InChI=1S/C26H51O4P/c1-4-7-10-12-14-17-22-31(29,23-18-15-13-11-8-5-2)24-19-16-21-26(28)30-25(27)20-9-6-3/h4-24H2,1-3H3. The minimum atomic E-state index is -2.15. The van der Waals surface area contributed by atoms with Gasteiger partial charge in [0, 0.05) is 31.3 Å².